The van der Waals surface area contributed by atoms with Crippen LogP contribution in [0.5, 0.6) is 0 Å². The average molecular weight is 309 g/mol. The summed E-state index contributed by atoms with van der Waals surface area (Å²) in [5.74, 6) is -0.773. The zero-order valence-electron chi connectivity index (χ0n) is 12.4. The van der Waals surface area contributed by atoms with Crippen molar-refractivity contribution in [1.29, 1.82) is 0 Å². The smallest absolute Gasteiger partial charge is 0.257 e. The van der Waals surface area contributed by atoms with Crippen LogP contribution in [0.3, 0.4) is 0 Å². The van der Waals surface area contributed by atoms with Crippen molar-refractivity contribution >= 4 is 28.2 Å². The molecule has 1 aliphatic rings. The topological polar surface area (TPSA) is 56.9 Å². The van der Waals surface area contributed by atoms with Crippen LogP contribution in [-0.2, 0) is 0 Å². The Labute approximate surface area is 132 Å². The summed E-state index contributed by atoms with van der Waals surface area (Å²) < 4.78 is 14.2. The molecule has 116 valence electrons. The summed E-state index contributed by atoms with van der Waals surface area (Å²) in [5, 5.41) is 6.91. The predicted octanol–water partition coefficient (Wildman–Crippen LogP) is 4.13. The Bertz CT molecular complexity index is 883. The second-order valence-electron chi connectivity index (χ2n) is 5.78. The van der Waals surface area contributed by atoms with E-state index in [2.05, 4.69) is 15.6 Å². The van der Waals surface area contributed by atoms with Crippen LogP contribution in [0.4, 0.5) is 15.8 Å². The van der Waals surface area contributed by atoms with Gasteiger partial charge in [0.1, 0.15) is 11.5 Å². The minimum Gasteiger partial charge on any atom is -0.381 e. The van der Waals surface area contributed by atoms with Crippen molar-refractivity contribution in [3.05, 3.63) is 60.0 Å². The highest BCUT2D eigenvalue weighted by Crippen LogP contribution is 2.31. The third kappa shape index (κ3) is 2.65. The van der Waals surface area contributed by atoms with Gasteiger partial charge < -0.3 is 15.6 Å². The fraction of sp³-hybridized carbons (Fsp3) is 0.167. The van der Waals surface area contributed by atoms with Crippen molar-refractivity contribution in [1.82, 2.24) is 4.98 Å². The molecule has 0 saturated heterocycles. The molecule has 0 unspecified atom stereocenters. The number of aromatic nitrogens is 1. The summed E-state index contributed by atoms with van der Waals surface area (Å²) in [6.07, 6.45) is 3.93. The number of amides is 1. The van der Waals surface area contributed by atoms with Gasteiger partial charge in [-0.3, -0.25) is 4.79 Å². The lowest BCUT2D eigenvalue weighted by Gasteiger charge is -2.14. The Morgan fingerprint density at radius 2 is 1.96 bits per heavy atom. The Balaban J connectivity index is 1.67. The van der Waals surface area contributed by atoms with Gasteiger partial charge in [-0.1, -0.05) is 18.2 Å². The molecule has 3 N–H and O–H groups in total. The van der Waals surface area contributed by atoms with Gasteiger partial charge in [0.2, 0.25) is 0 Å². The molecule has 3 aromatic rings. The van der Waals surface area contributed by atoms with E-state index >= 15 is 0 Å². The highest BCUT2D eigenvalue weighted by molar-refractivity contribution is 6.13. The van der Waals surface area contributed by atoms with E-state index in [0.29, 0.717) is 17.3 Å². The minimum atomic E-state index is -0.442. The number of benzene rings is 2. The van der Waals surface area contributed by atoms with Gasteiger partial charge in [0, 0.05) is 17.6 Å². The number of hydrogen-bond acceptors (Lipinski definition) is 2. The molecular weight excluding hydrogens is 293 g/mol. The fourth-order valence-electron chi connectivity index (χ4n) is 2.67. The maximum atomic E-state index is 14.2. The van der Waals surface area contributed by atoms with E-state index in [9.17, 15) is 9.18 Å². The number of H-pyrrole nitrogens is 1. The Hall–Kier alpha value is -2.82. The number of hydrogen-bond donors (Lipinski definition) is 3. The second-order valence-corrected chi connectivity index (χ2v) is 5.78. The number of nitrogens with one attached hydrogen (secondary N) is 3. The van der Waals surface area contributed by atoms with Gasteiger partial charge in [0.25, 0.3) is 5.91 Å². The molecule has 1 saturated carbocycles. The first-order valence-corrected chi connectivity index (χ1v) is 7.65. The van der Waals surface area contributed by atoms with Crippen LogP contribution >= 0.6 is 0 Å². The largest absolute Gasteiger partial charge is 0.381 e. The van der Waals surface area contributed by atoms with E-state index in [4.69, 9.17) is 0 Å². The lowest BCUT2D eigenvalue weighted by Crippen LogP contribution is -2.16. The zero-order chi connectivity index (χ0) is 15.8. The van der Waals surface area contributed by atoms with E-state index in [0.717, 1.165) is 23.7 Å². The van der Waals surface area contributed by atoms with Gasteiger partial charge >= 0.3 is 0 Å². The normalized spacial score (nSPS) is 14.0. The monoisotopic (exact) mass is 309 g/mol. The Morgan fingerprint density at radius 3 is 2.78 bits per heavy atom. The molecule has 4 rings (SSSR count). The lowest BCUT2D eigenvalue weighted by molar-refractivity contribution is 0.102. The van der Waals surface area contributed by atoms with E-state index < -0.39 is 5.82 Å². The maximum Gasteiger partial charge on any atom is 0.257 e. The van der Waals surface area contributed by atoms with Gasteiger partial charge in [0.15, 0.2) is 0 Å². The molecule has 5 heteroatoms. The van der Waals surface area contributed by atoms with Crippen LogP contribution in [-0.4, -0.2) is 16.9 Å². The molecule has 0 bridgehead atoms. The quantitative estimate of drug-likeness (QED) is 0.678. The minimum absolute atomic E-state index is 0.202. The summed E-state index contributed by atoms with van der Waals surface area (Å²) in [6.45, 7) is 0. The summed E-state index contributed by atoms with van der Waals surface area (Å²) in [4.78, 5) is 15.7. The number of anilines is 2. The molecule has 4 nitrogen and oxygen atoms in total. The summed E-state index contributed by atoms with van der Waals surface area (Å²) in [6, 6.07) is 12.5. The van der Waals surface area contributed by atoms with Crippen LogP contribution in [0.1, 0.15) is 23.2 Å². The van der Waals surface area contributed by atoms with Gasteiger partial charge in [-0.15, -0.1) is 0 Å². The highest BCUT2D eigenvalue weighted by atomic mass is 19.1. The molecule has 0 atom stereocenters. The molecular formula is C18H16FN3O. The van der Waals surface area contributed by atoms with E-state index in [1.807, 2.05) is 18.2 Å². The van der Waals surface area contributed by atoms with Crippen LogP contribution in [0.2, 0.25) is 0 Å². The molecule has 0 radical (unpaired) electrons. The third-order valence-electron chi connectivity index (χ3n) is 4.02. The van der Waals surface area contributed by atoms with Crippen LogP contribution in [0, 0.1) is 5.82 Å². The van der Waals surface area contributed by atoms with E-state index in [1.165, 1.54) is 6.07 Å². The molecule has 1 fully saturated rings. The lowest BCUT2D eigenvalue weighted by atomic mass is 10.1. The number of para-hydroxylation sites is 2. The van der Waals surface area contributed by atoms with Gasteiger partial charge in [-0.2, -0.15) is 0 Å². The summed E-state index contributed by atoms with van der Waals surface area (Å²) in [5.41, 5.74) is 2.07. The maximum absolute atomic E-state index is 14.2. The van der Waals surface area contributed by atoms with E-state index in [-0.39, 0.29) is 11.6 Å². The number of rotatable bonds is 4. The zero-order valence-corrected chi connectivity index (χ0v) is 12.4. The number of halogens is 1. The Morgan fingerprint density at radius 1 is 1.13 bits per heavy atom. The molecule has 1 heterocycles. The van der Waals surface area contributed by atoms with Gasteiger partial charge in [-0.05, 0) is 37.1 Å². The van der Waals surface area contributed by atoms with Crippen molar-refractivity contribution in [2.45, 2.75) is 18.9 Å². The van der Waals surface area contributed by atoms with Crippen LogP contribution in [0.15, 0.2) is 48.7 Å². The van der Waals surface area contributed by atoms with Crippen molar-refractivity contribution in [3.8, 4) is 0 Å². The van der Waals surface area contributed by atoms with Gasteiger partial charge in [0.05, 0.1) is 16.8 Å². The second kappa shape index (κ2) is 5.43. The molecule has 23 heavy (non-hydrogen) atoms. The summed E-state index contributed by atoms with van der Waals surface area (Å²) in [7, 11) is 0. The standard InChI is InChI=1S/C18H16FN3O/c19-14-5-2-6-15(21-12-7-8-12)17(14)22-18(23)13-4-1-3-11-9-10-20-16(11)13/h1-6,9-10,12,20-21H,7-8H2,(H,22,23). The number of fused-ring (bicyclic) bond motifs is 1. The first kappa shape index (κ1) is 13.8. The molecule has 1 amide bonds. The number of aromatic amines is 1. The number of carbonyl (C=O) groups is 1. The molecule has 1 aliphatic carbocycles. The fourth-order valence-corrected chi connectivity index (χ4v) is 2.67. The van der Waals surface area contributed by atoms with Crippen molar-refractivity contribution in [2.24, 2.45) is 0 Å². The van der Waals surface area contributed by atoms with Crippen molar-refractivity contribution in [3.63, 3.8) is 0 Å². The first-order valence-electron chi connectivity index (χ1n) is 7.65. The highest BCUT2D eigenvalue weighted by Gasteiger charge is 2.23. The molecule has 1 aromatic heterocycles. The molecule has 2 aromatic carbocycles. The predicted molar refractivity (Wildman–Crippen MR) is 89.3 cm³/mol. The van der Waals surface area contributed by atoms with Crippen molar-refractivity contribution in [2.75, 3.05) is 10.6 Å². The average Bonchev–Trinajstić information content (AvgIpc) is 3.23. The van der Waals surface area contributed by atoms with Gasteiger partial charge in [-0.25, -0.2) is 4.39 Å². The number of carbonyl (C=O) groups excluding carboxylic acids is 1. The van der Waals surface area contributed by atoms with Crippen LogP contribution in [0.25, 0.3) is 10.9 Å². The first-order chi connectivity index (χ1) is 11.2. The van der Waals surface area contributed by atoms with E-state index in [1.54, 1.807) is 24.4 Å². The third-order valence-corrected chi connectivity index (χ3v) is 4.02. The molecule has 0 aliphatic heterocycles. The Kier molecular flexibility index (Phi) is 3.26. The van der Waals surface area contributed by atoms with Crippen LogP contribution < -0.4 is 10.6 Å². The van der Waals surface area contributed by atoms with Crippen molar-refractivity contribution < 1.29 is 9.18 Å². The molecule has 0 spiro atoms. The SMILES string of the molecule is O=C(Nc1c(F)cccc1NC1CC1)c1cccc2cc[nH]c12. The summed E-state index contributed by atoms with van der Waals surface area (Å²) >= 11 is 0.